The SMILES string of the molecule is CCC(C)C(N)CSCc1cccc(C)c1. The molecule has 0 heterocycles. The summed E-state index contributed by atoms with van der Waals surface area (Å²) in [6.45, 7) is 6.58. The first kappa shape index (κ1) is 13.6. The fraction of sp³-hybridized carbons (Fsp3) is 0.571. The number of hydrogen-bond donors (Lipinski definition) is 1. The average molecular weight is 237 g/mol. The molecule has 0 aliphatic carbocycles. The van der Waals surface area contributed by atoms with Crippen molar-refractivity contribution in [2.45, 2.75) is 39.0 Å². The first-order valence-electron chi connectivity index (χ1n) is 6.02. The highest BCUT2D eigenvalue weighted by Crippen LogP contribution is 2.17. The third-order valence-electron chi connectivity index (χ3n) is 3.04. The molecule has 0 aromatic heterocycles. The molecule has 2 heteroatoms. The molecule has 0 fully saturated rings. The molecule has 1 nitrogen and oxygen atoms in total. The normalized spacial score (nSPS) is 14.8. The molecule has 1 aromatic rings. The van der Waals surface area contributed by atoms with Crippen LogP contribution in [0.25, 0.3) is 0 Å². The van der Waals surface area contributed by atoms with E-state index < -0.39 is 0 Å². The number of nitrogens with two attached hydrogens (primary N) is 1. The molecule has 1 rings (SSSR count). The van der Waals surface area contributed by atoms with E-state index in [-0.39, 0.29) is 0 Å². The maximum atomic E-state index is 6.10. The van der Waals surface area contributed by atoms with Crippen molar-refractivity contribution in [3.8, 4) is 0 Å². The van der Waals surface area contributed by atoms with Gasteiger partial charge in [0.25, 0.3) is 0 Å². The summed E-state index contributed by atoms with van der Waals surface area (Å²) in [7, 11) is 0. The molecule has 0 bridgehead atoms. The Labute approximate surface area is 104 Å². The predicted octanol–water partition coefficient (Wildman–Crippen LogP) is 3.60. The molecule has 90 valence electrons. The Bertz CT molecular complexity index is 311. The summed E-state index contributed by atoms with van der Waals surface area (Å²) in [5, 5.41) is 0. The number of rotatable bonds is 6. The maximum Gasteiger partial charge on any atom is 0.0185 e. The Morgan fingerprint density at radius 3 is 2.75 bits per heavy atom. The van der Waals surface area contributed by atoms with Crippen LogP contribution < -0.4 is 5.73 Å². The van der Waals surface area contributed by atoms with Crippen LogP contribution in [0.3, 0.4) is 0 Å². The largest absolute Gasteiger partial charge is 0.327 e. The Hall–Kier alpha value is -0.470. The Kier molecular flexibility index (Phi) is 5.93. The lowest BCUT2D eigenvalue weighted by molar-refractivity contribution is 0.475. The highest BCUT2D eigenvalue weighted by molar-refractivity contribution is 7.98. The van der Waals surface area contributed by atoms with Crippen molar-refractivity contribution in [1.29, 1.82) is 0 Å². The van der Waals surface area contributed by atoms with Crippen molar-refractivity contribution in [3.63, 3.8) is 0 Å². The number of benzene rings is 1. The van der Waals surface area contributed by atoms with Gasteiger partial charge in [0.2, 0.25) is 0 Å². The summed E-state index contributed by atoms with van der Waals surface area (Å²) in [5.74, 6) is 2.76. The van der Waals surface area contributed by atoms with E-state index in [9.17, 15) is 0 Å². The van der Waals surface area contributed by atoms with E-state index in [1.807, 2.05) is 11.8 Å². The van der Waals surface area contributed by atoms with Gasteiger partial charge in [-0.05, 0) is 18.4 Å². The highest BCUT2D eigenvalue weighted by Gasteiger charge is 2.10. The third-order valence-corrected chi connectivity index (χ3v) is 4.19. The molecule has 0 saturated heterocycles. The van der Waals surface area contributed by atoms with E-state index in [2.05, 4.69) is 45.0 Å². The van der Waals surface area contributed by atoms with Crippen molar-refractivity contribution in [1.82, 2.24) is 0 Å². The first-order valence-corrected chi connectivity index (χ1v) is 7.17. The van der Waals surface area contributed by atoms with Crippen LogP contribution in [0.4, 0.5) is 0 Å². The molecule has 0 saturated carbocycles. The van der Waals surface area contributed by atoms with Crippen LogP contribution in [0.5, 0.6) is 0 Å². The van der Waals surface area contributed by atoms with Gasteiger partial charge < -0.3 is 5.73 Å². The lowest BCUT2D eigenvalue weighted by Gasteiger charge is -2.17. The molecular formula is C14H23NS. The molecule has 0 aliphatic rings. The van der Waals surface area contributed by atoms with Crippen LogP contribution in [0, 0.1) is 12.8 Å². The van der Waals surface area contributed by atoms with Crippen LogP contribution >= 0.6 is 11.8 Å². The second kappa shape index (κ2) is 6.97. The zero-order chi connectivity index (χ0) is 12.0. The Morgan fingerprint density at radius 1 is 1.38 bits per heavy atom. The van der Waals surface area contributed by atoms with Gasteiger partial charge in [-0.15, -0.1) is 0 Å². The fourth-order valence-electron chi connectivity index (χ4n) is 1.58. The third kappa shape index (κ3) is 4.58. The van der Waals surface area contributed by atoms with Gasteiger partial charge in [-0.3, -0.25) is 0 Å². The lowest BCUT2D eigenvalue weighted by atomic mass is 10.0. The zero-order valence-electron chi connectivity index (χ0n) is 10.6. The Morgan fingerprint density at radius 2 is 2.12 bits per heavy atom. The summed E-state index contributed by atoms with van der Waals surface area (Å²) in [5.41, 5.74) is 8.84. The van der Waals surface area contributed by atoms with Gasteiger partial charge in [-0.2, -0.15) is 11.8 Å². The second-order valence-corrected chi connectivity index (χ2v) is 5.58. The lowest BCUT2D eigenvalue weighted by Crippen LogP contribution is -2.30. The molecule has 1 aromatic carbocycles. The summed E-state index contributed by atoms with van der Waals surface area (Å²) in [6, 6.07) is 9.04. The van der Waals surface area contributed by atoms with Gasteiger partial charge in [0.15, 0.2) is 0 Å². The average Bonchev–Trinajstić information content (AvgIpc) is 2.28. The maximum absolute atomic E-state index is 6.10. The standard InChI is InChI=1S/C14H23NS/c1-4-12(3)14(15)10-16-9-13-7-5-6-11(2)8-13/h5-8,12,14H,4,9-10,15H2,1-3H3. The van der Waals surface area contributed by atoms with Gasteiger partial charge in [0, 0.05) is 17.5 Å². The van der Waals surface area contributed by atoms with Gasteiger partial charge in [-0.25, -0.2) is 0 Å². The summed E-state index contributed by atoms with van der Waals surface area (Å²) < 4.78 is 0. The molecule has 2 N–H and O–H groups in total. The van der Waals surface area contributed by atoms with Gasteiger partial charge >= 0.3 is 0 Å². The van der Waals surface area contributed by atoms with Crippen molar-refractivity contribution in [2.24, 2.45) is 11.7 Å². The monoisotopic (exact) mass is 237 g/mol. The Balaban J connectivity index is 2.30. The summed E-state index contributed by atoms with van der Waals surface area (Å²) in [4.78, 5) is 0. The molecule has 0 aliphatic heterocycles. The van der Waals surface area contributed by atoms with Gasteiger partial charge in [0.1, 0.15) is 0 Å². The second-order valence-electron chi connectivity index (χ2n) is 4.55. The minimum Gasteiger partial charge on any atom is -0.327 e. The molecular weight excluding hydrogens is 214 g/mol. The van der Waals surface area contributed by atoms with Crippen LogP contribution in [-0.2, 0) is 5.75 Å². The van der Waals surface area contributed by atoms with Crippen molar-refractivity contribution >= 4 is 11.8 Å². The van der Waals surface area contributed by atoms with Crippen LogP contribution in [0.2, 0.25) is 0 Å². The van der Waals surface area contributed by atoms with Crippen molar-refractivity contribution < 1.29 is 0 Å². The zero-order valence-corrected chi connectivity index (χ0v) is 11.4. The fourth-order valence-corrected chi connectivity index (χ4v) is 2.72. The van der Waals surface area contributed by atoms with E-state index in [4.69, 9.17) is 5.73 Å². The molecule has 0 spiro atoms. The smallest absolute Gasteiger partial charge is 0.0185 e. The van der Waals surface area contributed by atoms with Crippen LogP contribution in [0.15, 0.2) is 24.3 Å². The predicted molar refractivity (Wildman–Crippen MR) is 74.8 cm³/mol. The topological polar surface area (TPSA) is 26.0 Å². The van der Waals surface area contributed by atoms with Crippen molar-refractivity contribution in [2.75, 3.05) is 5.75 Å². The van der Waals surface area contributed by atoms with Gasteiger partial charge in [-0.1, -0.05) is 50.1 Å². The summed E-state index contributed by atoms with van der Waals surface area (Å²) >= 11 is 1.94. The minimum absolute atomic E-state index is 0.333. The number of aryl methyl sites for hydroxylation is 1. The van der Waals surface area contributed by atoms with E-state index >= 15 is 0 Å². The van der Waals surface area contributed by atoms with E-state index in [0.29, 0.717) is 12.0 Å². The van der Waals surface area contributed by atoms with E-state index in [1.165, 1.54) is 17.5 Å². The summed E-state index contributed by atoms with van der Waals surface area (Å²) in [6.07, 6.45) is 1.17. The molecule has 0 amide bonds. The highest BCUT2D eigenvalue weighted by atomic mass is 32.2. The molecule has 16 heavy (non-hydrogen) atoms. The molecule has 2 unspecified atom stereocenters. The molecule has 2 atom stereocenters. The van der Waals surface area contributed by atoms with Crippen molar-refractivity contribution in [3.05, 3.63) is 35.4 Å². The van der Waals surface area contributed by atoms with E-state index in [0.717, 1.165) is 11.5 Å². The van der Waals surface area contributed by atoms with Crippen LogP contribution in [-0.4, -0.2) is 11.8 Å². The minimum atomic E-state index is 0.333. The number of thioether (sulfide) groups is 1. The van der Waals surface area contributed by atoms with E-state index in [1.54, 1.807) is 0 Å². The van der Waals surface area contributed by atoms with Crippen LogP contribution in [0.1, 0.15) is 31.4 Å². The molecule has 0 radical (unpaired) electrons. The quantitative estimate of drug-likeness (QED) is 0.818. The first-order chi connectivity index (χ1) is 7.63. The van der Waals surface area contributed by atoms with Gasteiger partial charge in [0.05, 0.1) is 0 Å². The number of hydrogen-bond acceptors (Lipinski definition) is 2.